The van der Waals surface area contributed by atoms with Crippen LogP contribution in [0.3, 0.4) is 0 Å². The van der Waals surface area contributed by atoms with Crippen molar-refractivity contribution >= 4 is 11.8 Å². The van der Waals surface area contributed by atoms with Crippen molar-refractivity contribution in [3.05, 3.63) is 89.6 Å². The fourth-order valence-corrected chi connectivity index (χ4v) is 4.53. The van der Waals surface area contributed by atoms with Gasteiger partial charge in [0.05, 0.1) is 6.10 Å². The molecule has 2 aromatic carbocycles. The van der Waals surface area contributed by atoms with Gasteiger partial charge in [-0.05, 0) is 62.2 Å². The third-order valence-corrected chi connectivity index (χ3v) is 6.27. The lowest BCUT2D eigenvalue weighted by Gasteiger charge is -2.28. The van der Waals surface area contributed by atoms with Gasteiger partial charge in [-0.15, -0.1) is 0 Å². The molecular formula is C29H35N3O3. The van der Waals surface area contributed by atoms with Gasteiger partial charge < -0.3 is 14.4 Å². The number of esters is 1. The van der Waals surface area contributed by atoms with Crippen molar-refractivity contribution in [3.8, 4) is 5.75 Å². The maximum atomic E-state index is 12.6. The second-order valence-electron chi connectivity index (χ2n) is 9.20. The summed E-state index contributed by atoms with van der Waals surface area (Å²) in [6.45, 7) is 9.97. The van der Waals surface area contributed by atoms with Crippen LogP contribution in [0.2, 0.25) is 0 Å². The van der Waals surface area contributed by atoms with Crippen molar-refractivity contribution in [2.24, 2.45) is 0 Å². The van der Waals surface area contributed by atoms with E-state index in [1.807, 2.05) is 38.1 Å². The third kappa shape index (κ3) is 6.61. The van der Waals surface area contributed by atoms with E-state index in [0.29, 0.717) is 24.0 Å². The molecule has 1 atom stereocenters. The molecule has 35 heavy (non-hydrogen) atoms. The van der Waals surface area contributed by atoms with Gasteiger partial charge in [0.25, 0.3) is 0 Å². The second kappa shape index (κ2) is 11.8. The van der Waals surface area contributed by atoms with Crippen LogP contribution in [0, 0.1) is 0 Å². The summed E-state index contributed by atoms with van der Waals surface area (Å²) < 4.78 is 11.5. The molecule has 1 fully saturated rings. The van der Waals surface area contributed by atoms with Gasteiger partial charge in [0.15, 0.2) is 0 Å². The molecule has 1 unspecified atom stereocenters. The number of hydrogen-bond acceptors (Lipinski definition) is 6. The first-order chi connectivity index (χ1) is 17.0. The highest BCUT2D eigenvalue weighted by molar-refractivity contribution is 5.94. The largest absolute Gasteiger partial charge is 0.489 e. The average Bonchev–Trinajstić information content (AvgIpc) is 3.36. The van der Waals surface area contributed by atoms with Crippen molar-refractivity contribution in [1.29, 1.82) is 0 Å². The number of nitrogens with zero attached hydrogens (tertiary/aromatic N) is 3. The van der Waals surface area contributed by atoms with Crippen molar-refractivity contribution in [1.82, 2.24) is 9.88 Å². The molecule has 0 spiro atoms. The summed E-state index contributed by atoms with van der Waals surface area (Å²) in [5.41, 5.74) is 2.92. The Morgan fingerprint density at radius 2 is 1.89 bits per heavy atom. The highest BCUT2D eigenvalue weighted by Gasteiger charge is 2.30. The van der Waals surface area contributed by atoms with Crippen LogP contribution in [0.15, 0.2) is 72.9 Å². The Kier molecular flexibility index (Phi) is 8.37. The summed E-state index contributed by atoms with van der Waals surface area (Å²) in [6, 6.07) is 22.6. The summed E-state index contributed by atoms with van der Waals surface area (Å²) in [7, 11) is 0. The highest BCUT2D eigenvalue weighted by atomic mass is 16.5. The number of likely N-dealkylation sites (N-methyl/N-ethyl adjacent to an activating group) is 1. The average molecular weight is 474 g/mol. The molecule has 1 aromatic heterocycles. The predicted molar refractivity (Wildman–Crippen MR) is 139 cm³/mol. The minimum Gasteiger partial charge on any atom is -0.489 e. The molecule has 184 valence electrons. The molecule has 0 aliphatic carbocycles. The molecular weight excluding hydrogens is 438 g/mol. The standard InChI is InChI=1S/C29H35N3O3/c1-4-31(19-24-12-8-13-26(18-24)34-21-23-10-6-5-7-11-23)25-15-17-32(20-25)28-27(14-9-16-30-28)29(33)35-22(2)3/h5-14,16,18,22,25H,4,15,17,19-21H2,1-3H3. The number of carbonyl (C=O) groups excluding carboxylic acids is 1. The van der Waals surface area contributed by atoms with Crippen molar-refractivity contribution in [3.63, 3.8) is 0 Å². The van der Waals surface area contributed by atoms with Crippen LogP contribution in [-0.2, 0) is 17.9 Å². The number of benzene rings is 2. The topological polar surface area (TPSA) is 54.9 Å². The Labute approximate surface area is 208 Å². The fraction of sp³-hybridized carbons (Fsp3) is 0.379. The van der Waals surface area contributed by atoms with E-state index in [9.17, 15) is 4.79 Å². The molecule has 0 radical (unpaired) electrons. The zero-order valence-corrected chi connectivity index (χ0v) is 20.9. The zero-order valence-electron chi connectivity index (χ0n) is 20.9. The van der Waals surface area contributed by atoms with Crippen LogP contribution in [0.4, 0.5) is 5.82 Å². The third-order valence-electron chi connectivity index (χ3n) is 6.27. The van der Waals surface area contributed by atoms with E-state index in [-0.39, 0.29) is 12.1 Å². The number of ether oxygens (including phenoxy) is 2. The van der Waals surface area contributed by atoms with E-state index >= 15 is 0 Å². The lowest BCUT2D eigenvalue weighted by molar-refractivity contribution is 0.0378. The number of carbonyl (C=O) groups is 1. The summed E-state index contributed by atoms with van der Waals surface area (Å²) in [5, 5.41) is 0. The maximum Gasteiger partial charge on any atom is 0.342 e. The summed E-state index contributed by atoms with van der Waals surface area (Å²) in [4.78, 5) is 21.9. The molecule has 0 N–H and O–H groups in total. The van der Waals surface area contributed by atoms with Gasteiger partial charge in [-0.2, -0.15) is 0 Å². The lowest BCUT2D eigenvalue weighted by Crippen LogP contribution is -2.37. The Bertz CT molecular complexity index is 1100. The van der Waals surface area contributed by atoms with Crippen molar-refractivity contribution in [2.45, 2.75) is 52.5 Å². The number of aromatic nitrogens is 1. The van der Waals surface area contributed by atoms with Gasteiger partial charge in [-0.25, -0.2) is 9.78 Å². The Balaban J connectivity index is 1.39. The number of anilines is 1. The number of hydrogen-bond donors (Lipinski definition) is 0. The molecule has 0 bridgehead atoms. The van der Waals surface area contributed by atoms with Crippen LogP contribution >= 0.6 is 0 Å². The predicted octanol–water partition coefficient (Wildman–Crippen LogP) is 5.33. The van der Waals surface area contributed by atoms with E-state index in [4.69, 9.17) is 9.47 Å². The summed E-state index contributed by atoms with van der Waals surface area (Å²) in [5.74, 6) is 1.29. The first-order valence-corrected chi connectivity index (χ1v) is 12.4. The molecule has 0 saturated carbocycles. The SMILES string of the molecule is CCN(Cc1cccc(OCc2ccccc2)c1)C1CCN(c2ncccc2C(=O)OC(C)C)C1. The Hall–Kier alpha value is -3.38. The minimum atomic E-state index is -0.314. The van der Waals surface area contributed by atoms with E-state index in [1.54, 1.807) is 18.3 Å². The van der Waals surface area contributed by atoms with E-state index in [2.05, 4.69) is 52.0 Å². The first kappa shape index (κ1) is 24.7. The van der Waals surface area contributed by atoms with Gasteiger partial charge in [0.2, 0.25) is 0 Å². The van der Waals surface area contributed by atoms with Crippen molar-refractivity contribution < 1.29 is 14.3 Å². The van der Waals surface area contributed by atoms with Crippen molar-refractivity contribution in [2.75, 3.05) is 24.5 Å². The molecule has 2 heterocycles. The van der Waals surface area contributed by atoms with Gasteiger partial charge >= 0.3 is 5.97 Å². The molecule has 3 aromatic rings. The van der Waals surface area contributed by atoms with Crippen LogP contribution in [0.25, 0.3) is 0 Å². The number of pyridine rings is 1. The first-order valence-electron chi connectivity index (χ1n) is 12.4. The van der Waals surface area contributed by atoms with Gasteiger partial charge in [-0.1, -0.05) is 49.4 Å². The highest BCUT2D eigenvalue weighted by Crippen LogP contribution is 2.27. The van der Waals surface area contributed by atoms with Gasteiger partial charge in [0.1, 0.15) is 23.7 Å². The molecule has 6 heteroatoms. The molecule has 6 nitrogen and oxygen atoms in total. The maximum absolute atomic E-state index is 12.6. The second-order valence-corrected chi connectivity index (χ2v) is 9.20. The monoisotopic (exact) mass is 473 g/mol. The van der Waals surface area contributed by atoms with Crippen LogP contribution in [0.5, 0.6) is 5.75 Å². The molecule has 1 aliphatic rings. The van der Waals surface area contributed by atoms with E-state index in [1.165, 1.54) is 5.56 Å². The number of rotatable bonds is 10. The molecule has 1 saturated heterocycles. The lowest BCUT2D eigenvalue weighted by atomic mass is 10.1. The summed E-state index contributed by atoms with van der Waals surface area (Å²) >= 11 is 0. The van der Waals surface area contributed by atoms with Crippen LogP contribution < -0.4 is 9.64 Å². The van der Waals surface area contributed by atoms with Gasteiger partial charge in [-0.3, -0.25) is 4.90 Å². The van der Waals surface area contributed by atoms with Crippen LogP contribution in [-0.4, -0.2) is 47.6 Å². The van der Waals surface area contributed by atoms with E-state index in [0.717, 1.165) is 43.9 Å². The smallest absolute Gasteiger partial charge is 0.342 e. The fourth-order valence-electron chi connectivity index (χ4n) is 4.53. The van der Waals surface area contributed by atoms with Crippen LogP contribution in [0.1, 0.15) is 48.7 Å². The minimum absolute atomic E-state index is 0.162. The normalized spacial score (nSPS) is 15.6. The quantitative estimate of drug-likeness (QED) is 0.371. The molecule has 0 amide bonds. The van der Waals surface area contributed by atoms with Gasteiger partial charge in [0, 0.05) is 31.9 Å². The zero-order chi connectivity index (χ0) is 24.6. The molecule has 1 aliphatic heterocycles. The van der Waals surface area contributed by atoms with E-state index < -0.39 is 0 Å². The summed E-state index contributed by atoms with van der Waals surface area (Å²) in [6.07, 6.45) is 2.60. The molecule has 4 rings (SSSR count). The Morgan fingerprint density at radius 3 is 2.66 bits per heavy atom. The Morgan fingerprint density at radius 1 is 1.09 bits per heavy atom.